The first-order valence-electron chi connectivity index (χ1n) is 9.95. The van der Waals surface area contributed by atoms with Gasteiger partial charge in [-0.3, -0.25) is 24.3 Å². The quantitative estimate of drug-likeness (QED) is 0.621. The lowest BCUT2D eigenvalue weighted by Crippen LogP contribution is -2.37. The summed E-state index contributed by atoms with van der Waals surface area (Å²) in [6, 6.07) is 6.76. The molecule has 1 aromatic carbocycles. The fraction of sp³-hybridized carbons (Fsp3) is 0.381. The summed E-state index contributed by atoms with van der Waals surface area (Å²) in [6.07, 6.45) is 0. The predicted molar refractivity (Wildman–Crippen MR) is 117 cm³/mol. The highest BCUT2D eigenvalue weighted by molar-refractivity contribution is 7.89. The molecule has 0 radical (unpaired) electrons. The van der Waals surface area contributed by atoms with Gasteiger partial charge >= 0.3 is 0 Å². The molecule has 1 aliphatic heterocycles. The minimum Gasteiger partial charge on any atom is -0.384 e. The molecule has 0 saturated heterocycles. The molecule has 31 heavy (non-hydrogen) atoms. The summed E-state index contributed by atoms with van der Waals surface area (Å²) in [6.45, 7) is 8.60. The van der Waals surface area contributed by atoms with Gasteiger partial charge in [-0.05, 0) is 36.1 Å². The van der Waals surface area contributed by atoms with Gasteiger partial charge in [0, 0.05) is 19.2 Å². The zero-order chi connectivity index (χ0) is 23.1. The Morgan fingerprint density at radius 1 is 0.968 bits per heavy atom. The minimum atomic E-state index is -3.73. The number of benzene rings is 1. The molecule has 166 valence electrons. The molecule has 2 amide bonds. The third-order valence-electron chi connectivity index (χ3n) is 4.82. The maximum atomic E-state index is 13.2. The van der Waals surface area contributed by atoms with Crippen LogP contribution in [0.3, 0.4) is 0 Å². The van der Waals surface area contributed by atoms with Gasteiger partial charge in [-0.1, -0.05) is 27.7 Å². The Balaban J connectivity index is 2.03. The van der Waals surface area contributed by atoms with Crippen molar-refractivity contribution < 1.29 is 18.0 Å². The number of nitrogens with zero attached hydrogens (tertiary/aromatic N) is 2. The minimum absolute atomic E-state index is 0.0682. The topological polar surface area (TPSA) is 132 Å². The Labute approximate surface area is 180 Å². The van der Waals surface area contributed by atoms with Gasteiger partial charge in [0.1, 0.15) is 5.82 Å². The van der Waals surface area contributed by atoms with Crippen LogP contribution < -0.4 is 16.6 Å². The van der Waals surface area contributed by atoms with Crippen LogP contribution in [0, 0.1) is 11.8 Å². The number of sulfonamides is 1. The Kier molecular flexibility index (Phi) is 6.06. The van der Waals surface area contributed by atoms with Gasteiger partial charge < -0.3 is 5.73 Å². The van der Waals surface area contributed by atoms with Crippen molar-refractivity contribution in [3.8, 4) is 5.69 Å². The van der Waals surface area contributed by atoms with E-state index >= 15 is 0 Å². The van der Waals surface area contributed by atoms with Crippen molar-refractivity contribution in [2.75, 3.05) is 18.8 Å². The first kappa shape index (κ1) is 22.7. The van der Waals surface area contributed by atoms with E-state index in [1.54, 1.807) is 0 Å². The number of carbonyl (C=O) groups excluding carboxylic acids is 2. The van der Waals surface area contributed by atoms with E-state index in [1.807, 2.05) is 27.7 Å². The summed E-state index contributed by atoms with van der Waals surface area (Å²) in [5.74, 6) is -1.21. The van der Waals surface area contributed by atoms with Gasteiger partial charge in [0.25, 0.3) is 17.4 Å². The third-order valence-corrected chi connectivity index (χ3v) is 6.67. The molecule has 1 aliphatic rings. The number of rotatable bonds is 7. The van der Waals surface area contributed by atoms with Crippen LogP contribution in [0.4, 0.5) is 5.82 Å². The van der Waals surface area contributed by atoms with Crippen molar-refractivity contribution in [3.63, 3.8) is 0 Å². The largest absolute Gasteiger partial charge is 0.384 e. The SMILES string of the molecule is CC(C)CN(CC(C)C)S(=O)(=O)c1ccc(-n2c(N)c3c(cc2=O)C(=O)NC3=O)cc1. The Hall–Kier alpha value is -2.98. The number of pyridine rings is 1. The molecule has 9 nitrogen and oxygen atoms in total. The standard InChI is InChI=1S/C21H26N4O5S/c1-12(2)10-24(11-13(3)4)31(29,30)15-7-5-14(6-8-15)25-17(26)9-16-18(19(25)22)21(28)23-20(16)27/h5-9,12-13H,10-11,22H2,1-4H3,(H,23,27,28). The molecule has 0 unspecified atom stereocenters. The zero-order valence-electron chi connectivity index (χ0n) is 17.9. The van der Waals surface area contributed by atoms with Gasteiger partial charge in [-0.15, -0.1) is 0 Å². The summed E-state index contributed by atoms with van der Waals surface area (Å²) in [4.78, 5) is 36.5. The van der Waals surface area contributed by atoms with E-state index in [4.69, 9.17) is 5.73 Å². The summed E-state index contributed by atoms with van der Waals surface area (Å²) >= 11 is 0. The van der Waals surface area contributed by atoms with Crippen LogP contribution in [-0.2, 0) is 10.0 Å². The second-order valence-electron chi connectivity index (χ2n) is 8.38. The van der Waals surface area contributed by atoms with Crippen molar-refractivity contribution in [1.29, 1.82) is 0 Å². The molecule has 2 heterocycles. The number of amides is 2. The summed E-state index contributed by atoms with van der Waals surface area (Å²) in [5.41, 5.74) is 5.58. The normalized spacial score (nSPS) is 13.9. The van der Waals surface area contributed by atoms with Crippen molar-refractivity contribution in [2.24, 2.45) is 11.8 Å². The second-order valence-corrected chi connectivity index (χ2v) is 10.3. The first-order valence-corrected chi connectivity index (χ1v) is 11.4. The molecule has 2 aromatic rings. The lowest BCUT2D eigenvalue weighted by molar-refractivity contribution is 0.0880. The third kappa shape index (κ3) is 4.26. The number of aromatic nitrogens is 1. The van der Waals surface area contributed by atoms with Gasteiger partial charge in [0.2, 0.25) is 10.0 Å². The molecule has 3 N–H and O–H groups in total. The van der Waals surface area contributed by atoms with Crippen LogP contribution in [0.25, 0.3) is 5.69 Å². The molecule has 1 aromatic heterocycles. The number of nitrogens with one attached hydrogen (secondary N) is 1. The molecule has 0 spiro atoms. The highest BCUT2D eigenvalue weighted by atomic mass is 32.2. The molecule has 0 fully saturated rings. The lowest BCUT2D eigenvalue weighted by atomic mass is 10.1. The molecule has 3 rings (SSSR count). The monoisotopic (exact) mass is 446 g/mol. The number of nitrogen functional groups attached to an aromatic ring is 1. The Bertz CT molecular complexity index is 1190. The van der Waals surface area contributed by atoms with Crippen LogP contribution >= 0.6 is 0 Å². The maximum absolute atomic E-state index is 13.2. The van der Waals surface area contributed by atoms with Crippen LogP contribution in [-0.4, -0.2) is 42.2 Å². The van der Waals surface area contributed by atoms with Crippen molar-refractivity contribution in [2.45, 2.75) is 32.6 Å². The average Bonchev–Trinajstić information content (AvgIpc) is 2.94. The van der Waals surface area contributed by atoms with Crippen LogP contribution in [0.5, 0.6) is 0 Å². The number of hydrogen-bond acceptors (Lipinski definition) is 6. The summed E-state index contributed by atoms with van der Waals surface area (Å²) < 4.78 is 28.9. The highest BCUT2D eigenvalue weighted by Crippen LogP contribution is 2.24. The van der Waals surface area contributed by atoms with Crippen molar-refractivity contribution in [1.82, 2.24) is 14.2 Å². The lowest BCUT2D eigenvalue weighted by Gasteiger charge is -2.25. The van der Waals surface area contributed by atoms with E-state index < -0.39 is 27.4 Å². The van der Waals surface area contributed by atoms with E-state index in [-0.39, 0.29) is 39.4 Å². The van der Waals surface area contributed by atoms with E-state index in [0.29, 0.717) is 13.1 Å². The maximum Gasteiger partial charge on any atom is 0.262 e. The number of carbonyl (C=O) groups is 2. The van der Waals surface area contributed by atoms with E-state index in [0.717, 1.165) is 10.6 Å². The van der Waals surface area contributed by atoms with Crippen LogP contribution in [0.1, 0.15) is 48.4 Å². The fourth-order valence-corrected chi connectivity index (χ4v) is 5.31. The van der Waals surface area contributed by atoms with E-state index in [9.17, 15) is 22.8 Å². The van der Waals surface area contributed by atoms with Gasteiger partial charge in [-0.2, -0.15) is 4.31 Å². The van der Waals surface area contributed by atoms with Gasteiger partial charge in [0.15, 0.2) is 0 Å². The average molecular weight is 447 g/mol. The Morgan fingerprint density at radius 3 is 2.03 bits per heavy atom. The number of fused-ring (bicyclic) bond motifs is 1. The van der Waals surface area contributed by atoms with Crippen LogP contribution in [0.2, 0.25) is 0 Å². The smallest absolute Gasteiger partial charge is 0.262 e. The molecule has 0 aliphatic carbocycles. The molecular formula is C21H26N4O5S. The first-order chi connectivity index (χ1) is 14.4. The number of anilines is 1. The second kappa shape index (κ2) is 8.27. The number of imide groups is 1. The van der Waals surface area contributed by atoms with Gasteiger partial charge in [-0.25, -0.2) is 8.42 Å². The van der Waals surface area contributed by atoms with Gasteiger partial charge in [0.05, 0.1) is 21.7 Å². The number of hydrogen-bond donors (Lipinski definition) is 2. The van der Waals surface area contributed by atoms with Crippen LogP contribution in [0.15, 0.2) is 40.0 Å². The predicted octanol–water partition coefficient (Wildman–Crippen LogP) is 1.61. The van der Waals surface area contributed by atoms with Crippen molar-refractivity contribution in [3.05, 3.63) is 51.8 Å². The molecule has 0 bridgehead atoms. The summed E-state index contributed by atoms with van der Waals surface area (Å²) in [7, 11) is -3.73. The fourth-order valence-electron chi connectivity index (χ4n) is 3.55. The van der Waals surface area contributed by atoms with Crippen molar-refractivity contribution >= 4 is 27.7 Å². The molecular weight excluding hydrogens is 420 g/mol. The summed E-state index contributed by atoms with van der Waals surface area (Å²) in [5, 5.41) is 2.11. The van der Waals surface area contributed by atoms with E-state index in [2.05, 4.69) is 5.32 Å². The molecule has 10 heteroatoms. The van der Waals surface area contributed by atoms with E-state index in [1.165, 1.54) is 28.6 Å². The molecule has 0 atom stereocenters. The zero-order valence-corrected chi connectivity index (χ0v) is 18.7. The highest BCUT2D eigenvalue weighted by Gasteiger charge is 2.32. The number of nitrogens with two attached hydrogens (primary N) is 1. The Morgan fingerprint density at radius 2 is 1.52 bits per heavy atom. The molecule has 0 saturated carbocycles.